The summed E-state index contributed by atoms with van der Waals surface area (Å²) < 4.78 is 47.1. The molecule has 1 aliphatic heterocycles. The van der Waals surface area contributed by atoms with Crippen LogP contribution in [0.3, 0.4) is 0 Å². The number of halogens is 3. The number of fused-ring (bicyclic) bond motifs is 2. The quantitative estimate of drug-likeness (QED) is 0.503. The fourth-order valence-electron chi connectivity index (χ4n) is 4.37. The Hall–Kier alpha value is -3.48. The average Bonchev–Trinajstić information content (AvgIpc) is 3.36. The first kappa shape index (κ1) is 20.4. The normalized spacial score (nSPS) is 15.0. The summed E-state index contributed by atoms with van der Waals surface area (Å²) in [5.41, 5.74) is 5.58. The topological polar surface area (TPSA) is 38.8 Å². The summed E-state index contributed by atoms with van der Waals surface area (Å²) in [6, 6.07) is 17.0. The van der Waals surface area contributed by atoms with Crippen molar-refractivity contribution in [3.8, 4) is 11.5 Å². The van der Waals surface area contributed by atoms with E-state index in [9.17, 15) is 18.0 Å². The van der Waals surface area contributed by atoms with Crippen LogP contribution in [0.4, 0.5) is 18.9 Å². The van der Waals surface area contributed by atoms with E-state index in [1.807, 2.05) is 18.2 Å². The molecule has 0 radical (unpaired) electrons. The first-order chi connectivity index (χ1) is 15.4. The molecule has 0 saturated heterocycles. The lowest BCUT2D eigenvalue weighted by atomic mass is 10.0. The van der Waals surface area contributed by atoms with Gasteiger partial charge in [0.25, 0.3) is 5.91 Å². The summed E-state index contributed by atoms with van der Waals surface area (Å²) in [5, 5.41) is 0. The van der Waals surface area contributed by atoms with E-state index in [4.69, 9.17) is 4.74 Å². The number of anilines is 1. The fraction of sp³-hybridized carbons (Fsp3) is 0.240. The van der Waals surface area contributed by atoms with Gasteiger partial charge >= 0.3 is 6.36 Å². The number of amides is 1. The number of alkyl halides is 3. The minimum atomic E-state index is -4.76. The van der Waals surface area contributed by atoms with E-state index >= 15 is 0 Å². The molecule has 3 aromatic rings. The highest BCUT2D eigenvalue weighted by Gasteiger charge is 2.32. The van der Waals surface area contributed by atoms with Gasteiger partial charge in [0.05, 0.1) is 6.54 Å². The maximum absolute atomic E-state index is 12.9. The maximum Gasteiger partial charge on any atom is 0.573 e. The largest absolute Gasteiger partial charge is 0.573 e. The van der Waals surface area contributed by atoms with E-state index in [1.54, 1.807) is 11.0 Å². The molecule has 5 rings (SSSR count). The van der Waals surface area contributed by atoms with Gasteiger partial charge in [-0.3, -0.25) is 4.79 Å². The van der Waals surface area contributed by atoms with Gasteiger partial charge in [0.15, 0.2) is 0 Å². The zero-order valence-electron chi connectivity index (χ0n) is 17.1. The van der Waals surface area contributed by atoms with Crippen molar-refractivity contribution in [3.05, 3.63) is 88.5 Å². The average molecular weight is 439 g/mol. The van der Waals surface area contributed by atoms with Crippen molar-refractivity contribution in [1.82, 2.24) is 0 Å². The summed E-state index contributed by atoms with van der Waals surface area (Å²) in [4.78, 5) is 14.5. The van der Waals surface area contributed by atoms with Crippen molar-refractivity contribution >= 4 is 11.6 Å². The van der Waals surface area contributed by atoms with Gasteiger partial charge < -0.3 is 14.4 Å². The van der Waals surface area contributed by atoms with E-state index < -0.39 is 6.36 Å². The molecular weight excluding hydrogens is 419 g/mol. The predicted octanol–water partition coefficient (Wildman–Crippen LogP) is 5.81. The number of rotatable bonds is 5. The molecule has 32 heavy (non-hydrogen) atoms. The monoisotopic (exact) mass is 439 g/mol. The van der Waals surface area contributed by atoms with Crippen molar-refractivity contribution in [2.45, 2.75) is 38.8 Å². The van der Waals surface area contributed by atoms with Gasteiger partial charge in [-0.25, -0.2) is 0 Å². The lowest BCUT2D eigenvalue weighted by Crippen LogP contribution is -2.23. The summed E-state index contributed by atoms with van der Waals surface area (Å²) in [6.07, 6.45) is -1.40. The summed E-state index contributed by atoms with van der Waals surface area (Å²) in [6.45, 7) is 0.665. The Morgan fingerprint density at radius 1 is 0.906 bits per heavy atom. The third kappa shape index (κ3) is 4.02. The van der Waals surface area contributed by atoms with Gasteiger partial charge in [-0.1, -0.05) is 18.2 Å². The van der Waals surface area contributed by atoms with Crippen molar-refractivity contribution in [2.24, 2.45) is 0 Å². The predicted molar refractivity (Wildman–Crippen MR) is 113 cm³/mol. The van der Waals surface area contributed by atoms with Crippen molar-refractivity contribution in [3.63, 3.8) is 0 Å². The zero-order valence-corrected chi connectivity index (χ0v) is 17.1. The third-order valence-corrected chi connectivity index (χ3v) is 5.91. The Morgan fingerprint density at radius 2 is 1.66 bits per heavy atom. The van der Waals surface area contributed by atoms with Crippen molar-refractivity contribution in [2.75, 3.05) is 4.90 Å². The summed E-state index contributed by atoms with van der Waals surface area (Å²) in [5.74, 6) is 0.294. The van der Waals surface area contributed by atoms with E-state index in [1.165, 1.54) is 41.8 Å². The number of carbonyl (C=O) groups excluding carboxylic acids is 1. The van der Waals surface area contributed by atoms with Crippen molar-refractivity contribution in [1.29, 1.82) is 0 Å². The molecule has 3 aromatic carbocycles. The molecule has 0 N–H and O–H groups in total. The van der Waals surface area contributed by atoms with Gasteiger partial charge in [0.1, 0.15) is 18.1 Å². The number of hydrogen-bond acceptors (Lipinski definition) is 3. The highest BCUT2D eigenvalue weighted by Crippen LogP contribution is 2.33. The van der Waals surface area contributed by atoms with Gasteiger partial charge in [-0.05, 0) is 84.0 Å². The van der Waals surface area contributed by atoms with Crippen LogP contribution in [-0.4, -0.2) is 12.3 Å². The van der Waals surface area contributed by atoms with E-state index in [0.29, 0.717) is 24.4 Å². The standard InChI is InChI=1S/C25H20F3NO3/c26-25(27,28)32-20-11-8-19(9-12-20)29-14-23-18(5-2-6-22(23)24(29)30)15-31-21-10-7-16-3-1-4-17(16)13-21/h2,5-13H,1,3-4,14-15H2. The lowest BCUT2D eigenvalue weighted by molar-refractivity contribution is -0.274. The van der Waals surface area contributed by atoms with Crippen LogP contribution in [-0.2, 0) is 26.0 Å². The van der Waals surface area contributed by atoms with Crippen LogP contribution in [0.1, 0.15) is 39.0 Å². The van der Waals surface area contributed by atoms with E-state index in [-0.39, 0.29) is 11.7 Å². The molecule has 0 atom stereocenters. The molecule has 164 valence electrons. The first-order valence-electron chi connectivity index (χ1n) is 10.4. The molecule has 1 heterocycles. The minimum absolute atomic E-state index is 0.191. The molecule has 1 amide bonds. The Morgan fingerprint density at radius 3 is 2.44 bits per heavy atom. The molecule has 0 spiro atoms. The molecule has 0 unspecified atom stereocenters. The lowest BCUT2D eigenvalue weighted by Gasteiger charge is -2.17. The highest BCUT2D eigenvalue weighted by atomic mass is 19.4. The summed E-state index contributed by atoms with van der Waals surface area (Å²) >= 11 is 0. The van der Waals surface area contributed by atoms with Crippen LogP contribution in [0.2, 0.25) is 0 Å². The first-order valence-corrected chi connectivity index (χ1v) is 10.4. The molecule has 0 fully saturated rings. The Labute approximate surface area is 183 Å². The fourth-order valence-corrected chi connectivity index (χ4v) is 4.37. The van der Waals surface area contributed by atoms with Gasteiger partial charge in [-0.2, -0.15) is 0 Å². The second kappa shape index (κ2) is 7.89. The number of ether oxygens (including phenoxy) is 2. The van der Waals surface area contributed by atoms with Crippen molar-refractivity contribution < 1.29 is 27.4 Å². The number of benzene rings is 3. The Bertz CT molecular complexity index is 1170. The second-order valence-corrected chi connectivity index (χ2v) is 7.95. The zero-order chi connectivity index (χ0) is 22.3. The van der Waals surface area contributed by atoms with E-state index in [0.717, 1.165) is 29.7 Å². The van der Waals surface area contributed by atoms with Gasteiger partial charge in [0, 0.05) is 11.3 Å². The molecule has 7 heteroatoms. The number of carbonyl (C=O) groups is 1. The smallest absolute Gasteiger partial charge is 0.489 e. The Kier molecular flexibility index (Phi) is 5.04. The molecule has 0 saturated carbocycles. The Balaban J connectivity index is 1.32. The minimum Gasteiger partial charge on any atom is -0.489 e. The summed E-state index contributed by atoms with van der Waals surface area (Å²) in [7, 11) is 0. The van der Waals surface area contributed by atoms with E-state index in [2.05, 4.69) is 16.9 Å². The third-order valence-electron chi connectivity index (χ3n) is 5.91. The van der Waals surface area contributed by atoms with Crippen LogP contribution in [0.5, 0.6) is 11.5 Å². The molecule has 0 bridgehead atoms. The maximum atomic E-state index is 12.9. The van der Waals surface area contributed by atoms with Crippen LogP contribution < -0.4 is 14.4 Å². The SMILES string of the molecule is O=C1c2cccc(COc3ccc4c(c3)CCC4)c2CN1c1ccc(OC(F)(F)F)cc1. The molecular formula is C25H20F3NO3. The van der Waals surface area contributed by atoms with Crippen LogP contribution in [0, 0.1) is 0 Å². The van der Waals surface area contributed by atoms with Crippen LogP contribution in [0.25, 0.3) is 0 Å². The molecule has 0 aromatic heterocycles. The van der Waals surface area contributed by atoms with Gasteiger partial charge in [0.2, 0.25) is 0 Å². The number of hydrogen-bond donors (Lipinski definition) is 0. The van der Waals surface area contributed by atoms with Gasteiger partial charge in [-0.15, -0.1) is 13.2 Å². The van der Waals surface area contributed by atoms with Crippen LogP contribution >= 0.6 is 0 Å². The number of nitrogens with zero attached hydrogens (tertiary/aromatic N) is 1. The highest BCUT2D eigenvalue weighted by molar-refractivity contribution is 6.10. The molecule has 2 aliphatic rings. The number of aryl methyl sites for hydroxylation is 2. The van der Waals surface area contributed by atoms with Crippen LogP contribution in [0.15, 0.2) is 60.7 Å². The molecule has 4 nitrogen and oxygen atoms in total. The molecule has 1 aliphatic carbocycles. The second-order valence-electron chi connectivity index (χ2n) is 7.95.